The molecule has 9 nitrogen and oxygen atoms in total. The Labute approximate surface area is 131 Å². The minimum Gasteiger partial charge on any atom is -0.352 e. The largest absolute Gasteiger partial charge is 0.352 e. The van der Waals surface area contributed by atoms with Gasteiger partial charge in [0.15, 0.2) is 4.60 Å². The topological polar surface area (TPSA) is 123 Å². The highest BCUT2D eigenvalue weighted by Crippen LogP contribution is 2.26. The summed E-state index contributed by atoms with van der Waals surface area (Å²) < 4.78 is 28.1. The number of hydrogen-bond acceptors (Lipinski definition) is 5. The molecule has 21 heavy (non-hydrogen) atoms. The average molecular weight is 381 g/mol. The molecule has 1 aromatic heterocycles. The SMILES string of the molecule is Cn1nnc(Br)c1S(=O)(=O)N1CCCC(CNC(N)=O)C1. The number of sulfonamides is 1. The van der Waals surface area contributed by atoms with Crippen molar-refractivity contribution in [3.8, 4) is 0 Å². The molecular weight excluding hydrogens is 364 g/mol. The van der Waals surface area contributed by atoms with Crippen molar-refractivity contribution in [3.05, 3.63) is 4.60 Å². The molecule has 1 atom stereocenters. The summed E-state index contributed by atoms with van der Waals surface area (Å²) >= 11 is 3.11. The Bertz CT molecular complexity index is 611. The normalized spacial score (nSPS) is 20.4. The lowest BCUT2D eigenvalue weighted by Gasteiger charge is -2.31. The highest BCUT2D eigenvalue weighted by molar-refractivity contribution is 9.10. The molecule has 118 valence electrons. The fourth-order valence-electron chi connectivity index (χ4n) is 2.38. The second-order valence-corrected chi connectivity index (χ2v) is 7.53. The third-order valence-electron chi connectivity index (χ3n) is 3.37. The van der Waals surface area contributed by atoms with E-state index in [9.17, 15) is 13.2 Å². The Morgan fingerprint density at radius 3 is 2.86 bits per heavy atom. The summed E-state index contributed by atoms with van der Waals surface area (Å²) in [5.74, 6) is 0.0426. The van der Waals surface area contributed by atoms with Crippen LogP contribution in [0.1, 0.15) is 12.8 Å². The lowest BCUT2D eigenvalue weighted by molar-refractivity contribution is 0.236. The number of halogens is 1. The molecule has 1 saturated heterocycles. The minimum absolute atomic E-state index is 0.0333. The number of nitrogens with zero attached hydrogens (tertiary/aromatic N) is 4. The van der Waals surface area contributed by atoms with E-state index in [2.05, 4.69) is 31.6 Å². The third kappa shape index (κ3) is 3.52. The Kier molecular flexibility index (Phi) is 4.84. The molecule has 3 N–H and O–H groups in total. The molecule has 2 rings (SSSR count). The Morgan fingerprint density at radius 2 is 2.29 bits per heavy atom. The number of urea groups is 1. The number of rotatable bonds is 4. The molecule has 1 unspecified atom stereocenters. The van der Waals surface area contributed by atoms with Crippen molar-refractivity contribution in [2.45, 2.75) is 17.9 Å². The first-order chi connectivity index (χ1) is 9.82. The van der Waals surface area contributed by atoms with E-state index in [1.165, 1.54) is 16.0 Å². The van der Waals surface area contributed by atoms with E-state index in [0.29, 0.717) is 19.6 Å². The number of nitrogens with two attached hydrogens (primary N) is 1. The van der Waals surface area contributed by atoms with E-state index < -0.39 is 16.1 Å². The first kappa shape index (κ1) is 16.2. The second kappa shape index (κ2) is 6.28. The van der Waals surface area contributed by atoms with E-state index >= 15 is 0 Å². The maximum atomic E-state index is 12.7. The first-order valence-electron chi connectivity index (χ1n) is 6.41. The van der Waals surface area contributed by atoms with Crippen LogP contribution < -0.4 is 11.1 Å². The summed E-state index contributed by atoms with van der Waals surface area (Å²) in [6.45, 7) is 1.14. The number of amides is 2. The van der Waals surface area contributed by atoms with Crippen molar-refractivity contribution >= 4 is 32.0 Å². The molecule has 11 heteroatoms. The number of carbonyl (C=O) groups is 1. The van der Waals surface area contributed by atoms with E-state index in [1.807, 2.05) is 0 Å². The predicted molar refractivity (Wildman–Crippen MR) is 77.8 cm³/mol. The van der Waals surface area contributed by atoms with Crippen molar-refractivity contribution in [2.75, 3.05) is 19.6 Å². The van der Waals surface area contributed by atoms with Crippen molar-refractivity contribution in [1.82, 2.24) is 24.6 Å². The van der Waals surface area contributed by atoms with Gasteiger partial charge in [-0.2, -0.15) is 4.31 Å². The van der Waals surface area contributed by atoms with Crippen LogP contribution in [-0.4, -0.2) is 53.4 Å². The standard InChI is InChI=1S/C10H17BrN6O3S/c1-16-9(8(11)14-15-16)21(19,20)17-4-2-3-7(6-17)5-13-10(12)18/h7H,2-6H2,1H3,(H3,12,13,18). The number of nitrogens with one attached hydrogen (secondary N) is 1. The van der Waals surface area contributed by atoms with Crippen LogP contribution in [0.25, 0.3) is 0 Å². The summed E-state index contributed by atoms with van der Waals surface area (Å²) in [7, 11) is -2.14. The second-order valence-electron chi connectivity index (χ2n) is 4.93. The van der Waals surface area contributed by atoms with E-state index in [1.54, 1.807) is 0 Å². The fourth-order valence-corrected chi connectivity index (χ4v) is 4.96. The van der Waals surface area contributed by atoms with Crippen LogP contribution in [0.4, 0.5) is 4.79 Å². The minimum atomic E-state index is -3.67. The highest BCUT2D eigenvalue weighted by atomic mass is 79.9. The Hall–Kier alpha value is -1.20. The average Bonchev–Trinajstić information content (AvgIpc) is 2.76. The molecule has 2 heterocycles. The third-order valence-corrected chi connectivity index (χ3v) is 6.12. The molecule has 0 saturated carbocycles. The van der Waals surface area contributed by atoms with Gasteiger partial charge in [-0.25, -0.2) is 17.9 Å². The molecule has 1 aliphatic heterocycles. The van der Waals surface area contributed by atoms with E-state index in [0.717, 1.165) is 12.8 Å². The molecule has 0 aromatic carbocycles. The van der Waals surface area contributed by atoms with Gasteiger partial charge >= 0.3 is 6.03 Å². The van der Waals surface area contributed by atoms with Crippen LogP contribution in [0.15, 0.2) is 9.63 Å². The number of primary amides is 1. The first-order valence-corrected chi connectivity index (χ1v) is 8.64. The number of carbonyl (C=O) groups excluding carboxylic acids is 1. The zero-order valence-corrected chi connectivity index (χ0v) is 13.9. The van der Waals surface area contributed by atoms with E-state index in [-0.39, 0.29) is 15.5 Å². The van der Waals surface area contributed by atoms with Gasteiger partial charge in [0.05, 0.1) is 0 Å². The van der Waals surface area contributed by atoms with Crippen molar-refractivity contribution in [1.29, 1.82) is 0 Å². The quantitative estimate of drug-likeness (QED) is 0.738. The van der Waals surface area contributed by atoms with Gasteiger partial charge in [-0.05, 0) is 34.7 Å². The highest BCUT2D eigenvalue weighted by Gasteiger charge is 2.34. The Balaban J connectivity index is 2.15. The molecule has 1 aliphatic rings. The number of aryl methyl sites for hydroxylation is 1. The van der Waals surface area contributed by atoms with Gasteiger partial charge in [-0.1, -0.05) is 5.21 Å². The number of hydrogen-bond donors (Lipinski definition) is 2. The molecule has 0 aliphatic carbocycles. The molecule has 0 spiro atoms. The van der Waals surface area contributed by atoms with E-state index in [4.69, 9.17) is 5.73 Å². The van der Waals surface area contributed by atoms with Gasteiger partial charge in [0.25, 0.3) is 10.0 Å². The molecule has 0 bridgehead atoms. The Morgan fingerprint density at radius 1 is 1.57 bits per heavy atom. The van der Waals surface area contributed by atoms with Gasteiger partial charge in [-0.15, -0.1) is 5.10 Å². The van der Waals surface area contributed by atoms with Crippen molar-refractivity contribution in [3.63, 3.8) is 0 Å². The summed E-state index contributed by atoms with van der Waals surface area (Å²) in [5.41, 5.74) is 5.04. The van der Waals surface area contributed by atoms with Gasteiger partial charge in [0, 0.05) is 26.7 Å². The van der Waals surface area contributed by atoms with Crippen LogP contribution in [0.2, 0.25) is 0 Å². The molecule has 0 radical (unpaired) electrons. The fraction of sp³-hybridized carbons (Fsp3) is 0.700. The van der Waals surface area contributed by atoms with Crippen LogP contribution in [0, 0.1) is 5.92 Å². The van der Waals surface area contributed by atoms with Crippen molar-refractivity contribution in [2.24, 2.45) is 18.7 Å². The summed E-state index contributed by atoms with van der Waals surface area (Å²) in [5, 5.41) is 9.96. The summed E-state index contributed by atoms with van der Waals surface area (Å²) in [6.07, 6.45) is 1.57. The summed E-state index contributed by atoms with van der Waals surface area (Å²) in [6, 6.07) is -0.603. The molecule has 1 fully saturated rings. The zero-order valence-electron chi connectivity index (χ0n) is 11.5. The molecule has 1 aromatic rings. The lowest BCUT2D eigenvalue weighted by atomic mass is 10.00. The van der Waals surface area contributed by atoms with Crippen LogP contribution >= 0.6 is 15.9 Å². The van der Waals surface area contributed by atoms with Gasteiger partial charge in [0.1, 0.15) is 0 Å². The van der Waals surface area contributed by atoms with Crippen LogP contribution in [0.3, 0.4) is 0 Å². The zero-order chi connectivity index (χ0) is 15.6. The molecular formula is C10H17BrN6O3S. The van der Waals surface area contributed by atoms with Crippen LogP contribution in [0.5, 0.6) is 0 Å². The predicted octanol–water partition coefficient (Wildman–Crippen LogP) is -0.353. The van der Waals surface area contributed by atoms with Gasteiger partial charge in [-0.3, -0.25) is 0 Å². The van der Waals surface area contributed by atoms with Gasteiger partial charge < -0.3 is 11.1 Å². The van der Waals surface area contributed by atoms with Gasteiger partial charge in [0.2, 0.25) is 5.03 Å². The van der Waals surface area contributed by atoms with Crippen LogP contribution in [-0.2, 0) is 17.1 Å². The van der Waals surface area contributed by atoms with Crippen molar-refractivity contribution < 1.29 is 13.2 Å². The maximum absolute atomic E-state index is 12.7. The number of piperidine rings is 1. The molecule has 2 amide bonds. The number of aromatic nitrogens is 3. The summed E-state index contributed by atoms with van der Waals surface area (Å²) in [4.78, 5) is 10.7. The maximum Gasteiger partial charge on any atom is 0.312 e. The smallest absolute Gasteiger partial charge is 0.312 e. The lowest BCUT2D eigenvalue weighted by Crippen LogP contribution is -2.44. The monoisotopic (exact) mass is 380 g/mol.